The summed E-state index contributed by atoms with van der Waals surface area (Å²) in [6.45, 7) is 6.26. The van der Waals surface area contributed by atoms with Crippen LogP contribution in [0.4, 0.5) is 5.69 Å². The van der Waals surface area contributed by atoms with Gasteiger partial charge < -0.3 is 19.4 Å². The number of benzene rings is 2. The van der Waals surface area contributed by atoms with Crippen molar-refractivity contribution in [2.45, 2.75) is 31.8 Å². The molecule has 8 heteroatoms. The van der Waals surface area contributed by atoms with Gasteiger partial charge in [0.15, 0.2) is 5.78 Å². The zero-order valence-electron chi connectivity index (χ0n) is 21.5. The van der Waals surface area contributed by atoms with Crippen molar-refractivity contribution in [1.29, 1.82) is 0 Å². The molecule has 1 saturated heterocycles. The molecule has 0 unspecified atom stereocenters. The molecule has 0 radical (unpaired) electrons. The van der Waals surface area contributed by atoms with E-state index in [2.05, 4.69) is 64.8 Å². The summed E-state index contributed by atoms with van der Waals surface area (Å²) >= 11 is 0. The lowest BCUT2D eigenvalue weighted by Crippen LogP contribution is -2.37. The van der Waals surface area contributed by atoms with Crippen LogP contribution < -0.4 is 9.64 Å². The number of likely N-dealkylation sites (tertiary alicyclic amines) is 1. The minimum Gasteiger partial charge on any atom is -0.462 e. The van der Waals surface area contributed by atoms with E-state index in [4.69, 9.17) is 9.72 Å². The number of fused-ring (bicyclic) bond motifs is 2. The molecule has 37 heavy (non-hydrogen) atoms. The number of hydrogen-bond donors (Lipinski definition) is 0. The molecule has 0 aliphatic carbocycles. The number of carbonyl (C=O) groups is 2. The number of amides is 1. The van der Waals surface area contributed by atoms with Crippen LogP contribution in [0.25, 0.3) is 10.8 Å². The number of ether oxygens (including phenoxy) is 1. The fourth-order valence-corrected chi connectivity index (χ4v) is 5.25. The van der Waals surface area contributed by atoms with Gasteiger partial charge >= 0.3 is 6.01 Å². The summed E-state index contributed by atoms with van der Waals surface area (Å²) in [7, 11) is 3.70. The van der Waals surface area contributed by atoms with E-state index in [1.807, 2.05) is 6.07 Å². The van der Waals surface area contributed by atoms with Crippen LogP contribution in [0.2, 0.25) is 0 Å². The molecule has 0 bridgehead atoms. The zero-order valence-corrected chi connectivity index (χ0v) is 21.5. The van der Waals surface area contributed by atoms with E-state index in [0.717, 1.165) is 42.9 Å². The largest absolute Gasteiger partial charge is 0.462 e. The Morgan fingerprint density at radius 3 is 2.76 bits per heavy atom. The van der Waals surface area contributed by atoms with Gasteiger partial charge in [-0.1, -0.05) is 43.0 Å². The molecule has 2 aliphatic rings. The molecule has 8 nitrogen and oxygen atoms in total. The van der Waals surface area contributed by atoms with E-state index in [0.29, 0.717) is 31.3 Å². The highest BCUT2D eigenvalue weighted by molar-refractivity contribution is 5.99. The van der Waals surface area contributed by atoms with Crippen molar-refractivity contribution in [3.05, 3.63) is 72.1 Å². The molecule has 0 N–H and O–H groups in total. The summed E-state index contributed by atoms with van der Waals surface area (Å²) in [5.41, 5.74) is 3.07. The van der Waals surface area contributed by atoms with Crippen LogP contribution >= 0.6 is 0 Å². The Kier molecular flexibility index (Phi) is 7.19. The van der Waals surface area contributed by atoms with Crippen LogP contribution in [-0.4, -0.2) is 77.8 Å². The van der Waals surface area contributed by atoms with E-state index in [9.17, 15) is 9.59 Å². The van der Waals surface area contributed by atoms with E-state index in [1.54, 1.807) is 7.05 Å². The van der Waals surface area contributed by atoms with Gasteiger partial charge in [-0.15, -0.1) is 0 Å². The molecule has 5 rings (SSSR count). The van der Waals surface area contributed by atoms with E-state index < -0.39 is 0 Å². The first kappa shape index (κ1) is 24.9. The highest BCUT2D eigenvalue weighted by Crippen LogP contribution is 2.32. The van der Waals surface area contributed by atoms with Crippen molar-refractivity contribution in [3.8, 4) is 6.01 Å². The Balaban J connectivity index is 1.47. The van der Waals surface area contributed by atoms with E-state index in [-0.39, 0.29) is 24.2 Å². The predicted molar refractivity (Wildman–Crippen MR) is 144 cm³/mol. The van der Waals surface area contributed by atoms with Crippen LogP contribution in [0.5, 0.6) is 6.01 Å². The van der Waals surface area contributed by atoms with Gasteiger partial charge in [0.1, 0.15) is 12.3 Å². The molecule has 3 heterocycles. The summed E-state index contributed by atoms with van der Waals surface area (Å²) in [5.74, 6) is -0.531. The second-order valence-corrected chi connectivity index (χ2v) is 9.87. The minimum atomic E-state index is -0.310. The second-order valence-electron chi connectivity index (χ2n) is 9.87. The number of rotatable bonds is 8. The summed E-state index contributed by atoms with van der Waals surface area (Å²) in [5, 5.41) is 2.37. The average Bonchev–Trinajstić information content (AvgIpc) is 3.34. The molecule has 1 fully saturated rings. The van der Waals surface area contributed by atoms with Crippen LogP contribution in [-0.2, 0) is 17.8 Å². The van der Waals surface area contributed by atoms with Gasteiger partial charge in [0.2, 0.25) is 0 Å². The number of likely N-dealkylation sites (N-methyl/N-ethyl adjacent to an activating group) is 2. The molecule has 1 amide bonds. The molecule has 3 aromatic rings. The van der Waals surface area contributed by atoms with Crippen LogP contribution in [0.15, 0.2) is 55.1 Å². The first-order valence-electron chi connectivity index (χ1n) is 12.8. The lowest BCUT2D eigenvalue weighted by Gasteiger charge is -2.32. The van der Waals surface area contributed by atoms with Crippen LogP contribution in [0.3, 0.4) is 0 Å². The average molecular weight is 500 g/mol. The number of anilines is 1. The van der Waals surface area contributed by atoms with Gasteiger partial charge in [-0.2, -0.15) is 9.97 Å². The first-order valence-corrected chi connectivity index (χ1v) is 12.8. The number of ketones is 1. The van der Waals surface area contributed by atoms with E-state index >= 15 is 0 Å². The van der Waals surface area contributed by atoms with Crippen molar-refractivity contribution in [2.75, 3.05) is 45.2 Å². The third kappa shape index (κ3) is 5.20. The Labute approximate surface area is 217 Å². The van der Waals surface area contributed by atoms with Crippen molar-refractivity contribution < 1.29 is 14.3 Å². The second kappa shape index (κ2) is 10.7. The standard InChI is InChI=1S/C29H33N5O3/c1-4-22(35)17-33(3)28(36)27-24-14-16-34(26-13-7-10-20-9-5-6-12-23(20)26)18-25(24)30-29(31-27)37-19-21-11-8-15-32(21)2/h4-7,9-10,12-13,21H,1,8,11,14-19H2,2-3H3/t21-/m0/s1. The number of carbonyl (C=O) groups excluding carboxylic acids is 2. The van der Waals surface area contributed by atoms with Gasteiger partial charge in [0.25, 0.3) is 5.91 Å². The molecule has 0 saturated carbocycles. The smallest absolute Gasteiger partial charge is 0.317 e. The summed E-state index contributed by atoms with van der Waals surface area (Å²) < 4.78 is 6.07. The number of nitrogens with zero attached hydrogens (tertiary/aromatic N) is 5. The van der Waals surface area contributed by atoms with Crippen LogP contribution in [0.1, 0.15) is 34.6 Å². The van der Waals surface area contributed by atoms with Gasteiger partial charge in [0, 0.05) is 36.3 Å². The maximum atomic E-state index is 13.4. The lowest BCUT2D eigenvalue weighted by atomic mass is 10.00. The number of hydrogen-bond acceptors (Lipinski definition) is 7. The fraction of sp³-hybridized carbons (Fsp3) is 0.379. The Bertz CT molecular complexity index is 1340. The maximum Gasteiger partial charge on any atom is 0.317 e. The van der Waals surface area contributed by atoms with Gasteiger partial charge in [-0.05, 0) is 50.4 Å². The third-order valence-corrected chi connectivity index (χ3v) is 7.40. The molecule has 2 aromatic carbocycles. The fourth-order valence-electron chi connectivity index (χ4n) is 5.25. The molecule has 1 atom stereocenters. The Hall–Kier alpha value is -3.78. The lowest BCUT2D eigenvalue weighted by molar-refractivity contribution is -0.115. The van der Waals surface area contributed by atoms with Crippen LogP contribution in [0, 0.1) is 0 Å². The van der Waals surface area contributed by atoms with E-state index in [1.165, 1.54) is 21.7 Å². The summed E-state index contributed by atoms with van der Waals surface area (Å²) in [4.78, 5) is 40.7. The van der Waals surface area contributed by atoms with Crippen molar-refractivity contribution in [2.24, 2.45) is 0 Å². The minimum absolute atomic E-state index is 0.0493. The molecule has 0 spiro atoms. The SMILES string of the molecule is C=CC(=O)CN(C)C(=O)c1nc(OC[C@@H]2CCCN2C)nc2c1CCN(c1cccc3ccccc13)C2. The topological polar surface area (TPSA) is 78.9 Å². The van der Waals surface area contributed by atoms with Gasteiger partial charge in [-0.25, -0.2) is 0 Å². The van der Waals surface area contributed by atoms with Crippen molar-refractivity contribution in [3.63, 3.8) is 0 Å². The Morgan fingerprint density at radius 1 is 1.16 bits per heavy atom. The Morgan fingerprint density at radius 2 is 1.97 bits per heavy atom. The first-order chi connectivity index (χ1) is 17.9. The monoisotopic (exact) mass is 499 g/mol. The third-order valence-electron chi connectivity index (χ3n) is 7.40. The highest BCUT2D eigenvalue weighted by Gasteiger charge is 2.29. The molecule has 2 aliphatic heterocycles. The summed E-state index contributed by atoms with van der Waals surface area (Å²) in [6.07, 6.45) is 4.05. The maximum absolute atomic E-state index is 13.4. The van der Waals surface area contributed by atoms with Gasteiger partial charge in [0.05, 0.1) is 18.8 Å². The predicted octanol–water partition coefficient (Wildman–Crippen LogP) is 3.49. The molecule has 1 aromatic heterocycles. The number of aromatic nitrogens is 2. The molecule has 192 valence electrons. The normalized spacial score (nSPS) is 17.5. The van der Waals surface area contributed by atoms with Crippen molar-refractivity contribution in [1.82, 2.24) is 19.8 Å². The summed E-state index contributed by atoms with van der Waals surface area (Å²) in [6, 6.07) is 15.2. The zero-order chi connectivity index (χ0) is 25.9. The molecular formula is C29H33N5O3. The molecular weight excluding hydrogens is 466 g/mol. The van der Waals surface area contributed by atoms with Gasteiger partial charge in [-0.3, -0.25) is 9.59 Å². The van der Waals surface area contributed by atoms with Crippen molar-refractivity contribution >= 4 is 28.2 Å². The quantitative estimate of drug-likeness (QED) is 0.439. The highest BCUT2D eigenvalue weighted by atomic mass is 16.5.